The number of rotatable bonds is 4. The maximum absolute atomic E-state index is 10.3. The zero-order chi connectivity index (χ0) is 27.1. The lowest BCUT2D eigenvalue weighted by Gasteiger charge is -2.12. The number of hydrogen-bond donors (Lipinski definition) is 0. The average Bonchev–Trinajstić information content (AvgIpc) is 3.52. The highest BCUT2D eigenvalue weighted by Crippen LogP contribution is 2.36. The Bertz CT molecular complexity index is 2240. The predicted octanol–water partition coefficient (Wildman–Crippen LogP) is 9.39. The molecular formula is C36H22N4. The molecule has 0 amide bonds. The molecule has 2 heterocycles. The third-order valence-corrected chi connectivity index (χ3v) is 7.51. The lowest BCUT2D eigenvalue weighted by molar-refractivity contribution is 1.22. The standard InChI is InChI=1S/C36H22N4/c1-38-22-20-26(24-37)32(40-34-16-8-5-12-28(34)29-13-6-9-17-35(29)40)21-23-39-33-15-7-4-14-30(33)31-19-18-25-10-2-3-11-27(25)36(31)39/h2-23H/b22-20+,23-21+,32-26-. The lowest BCUT2D eigenvalue weighted by atomic mass is 10.1. The van der Waals surface area contributed by atoms with Gasteiger partial charge in [0.25, 0.3) is 0 Å². The molecule has 0 fully saturated rings. The van der Waals surface area contributed by atoms with E-state index in [0.29, 0.717) is 11.3 Å². The molecule has 7 rings (SSSR count). The SMILES string of the molecule is [C-]#[N+]/C=C/C(C#N)=C(\C=C\n1c2ccccc2c2ccc3ccccc3c21)n1c2ccccc2c2ccccc21. The topological polar surface area (TPSA) is 38.0 Å². The number of benzene rings is 5. The van der Waals surface area contributed by atoms with Crippen LogP contribution >= 0.6 is 0 Å². The van der Waals surface area contributed by atoms with Crippen molar-refractivity contribution in [3.63, 3.8) is 0 Å². The van der Waals surface area contributed by atoms with Crippen molar-refractivity contribution in [1.82, 2.24) is 9.13 Å². The van der Waals surface area contributed by atoms with Crippen molar-refractivity contribution in [1.29, 1.82) is 5.26 Å². The summed E-state index contributed by atoms with van der Waals surface area (Å²) in [6.45, 7) is 7.30. The summed E-state index contributed by atoms with van der Waals surface area (Å²) in [4.78, 5) is 3.38. The quantitative estimate of drug-likeness (QED) is 0.132. The molecule has 0 aliphatic rings. The summed E-state index contributed by atoms with van der Waals surface area (Å²) >= 11 is 0. The first-order valence-electron chi connectivity index (χ1n) is 13.0. The van der Waals surface area contributed by atoms with E-state index < -0.39 is 0 Å². The zero-order valence-corrected chi connectivity index (χ0v) is 21.5. The van der Waals surface area contributed by atoms with Crippen molar-refractivity contribution in [3.8, 4) is 6.07 Å². The molecule has 0 spiro atoms. The molecule has 0 unspecified atom stereocenters. The van der Waals surface area contributed by atoms with Crippen molar-refractivity contribution in [3.05, 3.63) is 145 Å². The highest BCUT2D eigenvalue weighted by Gasteiger charge is 2.16. The lowest BCUT2D eigenvalue weighted by Crippen LogP contribution is -1.99. The van der Waals surface area contributed by atoms with E-state index in [1.165, 1.54) is 22.4 Å². The van der Waals surface area contributed by atoms with E-state index >= 15 is 0 Å². The van der Waals surface area contributed by atoms with Gasteiger partial charge >= 0.3 is 0 Å². The van der Waals surface area contributed by atoms with Crippen molar-refractivity contribution >= 4 is 66.3 Å². The highest BCUT2D eigenvalue weighted by molar-refractivity contribution is 6.19. The summed E-state index contributed by atoms with van der Waals surface area (Å²) in [7, 11) is 0. The van der Waals surface area contributed by atoms with Gasteiger partial charge < -0.3 is 9.13 Å². The van der Waals surface area contributed by atoms with Crippen LogP contribution in [0.25, 0.3) is 71.1 Å². The first kappa shape index (κ1) is 23.3. The van der Waals surface area contributed by atoms with E-state index in [2.05, 4.69) is 111 Å². The second kappa shape index (κ2) is 9.48. The third-order valence-electron chi connectivity index (χ3n) is 7.51. The molecule has 0 aliphatic carbocycles. The van der Waals surface area contributed by atoms with Gasteiger partial charge in [-0.15, -0.1) is 0 Å². The molecule has 0 atom stereocenters. The average molecular weight is 511 g/mol. The molecule has 7 aromatic rings. The fourth-order valence-electron chi connectivity index (χ4n) is 5.82. The minimum Gasteiger partial charge on any atom is -0.315 e. The van der Waals surface area contributed by atoms with E-state index in [4.69, 9.17) is 6.57 Å². The van der Waals surface area contributed by atoms with Crippen LogP contribution in [0, 0.1) is 17.9 Å². The zero-order valence-electron chi connectivity index (χ0n) is 21.5. The minimum absolute atomic E-state index is 0.407. The van der Waals surface area contributed by atoms with Gasteiger partial charge in [0.2, 0.25) is 0 Å². The Morgan fingerprint density at radius 1 is 0.650 bits per heavy atom. The molecule has 0 radical (unpaired) electrons. The predicted molar refractivity (Wildman–Crippen MR) is 166 cm³/mol. The van der Waals surface area contributed by atoms with Gasteiger partial charge in [0.1, 0.15) is 0 Å². The van der Waals surface area contributed by atoms with Crippen LogP contribution in [-0.2, 0) is 0 Å². The Morgan fingerprint density at radius 2 is 1.23 bits per heavy atom. The van der Waals surface area contributed by atoms with Crippen LogP contribution in [0.15, 0.2) is 133 Å². The Balaban J connectivity index is 1.58. The first-order valence-corrected chi connectivity index (χ1v) is 13.0. The molecule has 2 aromatic heterocycles. The molecule has 0 saturated carbocycles. The van der Waals surface area contributed by atoms with Crippen LogP contribution in [0.2, 0.25) is 0 Å². The van der Waals surface area contributed by atoms with E-state index in [1.54, 1.807) is 6.08 Å². The number of nitriles is 1. The molecule has 0 N–H and O–H groups in total. The van der Waals surface area contributed by atoms with Gasteiger partial charge in [0, 0.05) is 33.1 Å². The molecular weight excluding hydrogens is 488 g/mol. The second-order valence-corrected chi connectivity index (χ2v) is 9.61. The van der Waals surface area contributed by atoms with Crippen molar-refractivity contribution in [2.45, 2.75) is 0 Å². The first-order chi connectivity index (χ1) is 19.8. The number of nitrogens with zero attached hydrogens (tertiary/aromatic N) is 4. The maximum Gasteiger partial charge on any atom is 0.155 e. The van der Waals surface area contributed by atoms with E-state index in [-0.39, 0.29) is 0 Å². The smallest absolute Gasteiger partial charge is 0.155 e. The summed E-state index contributed by atoms with van der Waals surface area (Å²) in [5, 5.41) is 17.2. The Morgan fingerprint density at radius 3 is 1.88 bits per heavy atom. The van der Waals surface area contributed by atoms with Crippen LogP contribution in [0.4, 0.5) is 0 Å². The van der Waals surface area contributed by atoms with Gasteiger partial charge in [0.15, 0.2) is 6.20 Å². The number of fused-ring (bicyclic) bond motifs is 8. The second-order valence-electron chi connectivity index (χ2n) is 9.61. The van der Waals surface area contributed by atoms with E-state index in [1.807, 2.05) is 30.3 Å². The van der Waals surface area contributed by atoms with Crippen LogP contribution < -0.4 is 0 Å². The van der Waals surface area contributed by atoms with Gasteiger partial charge in [-0.25, -0.2) is 4.85 Å². The maximum atomic E-state index is 10.3. The summed E-state index contributed by atoms with van der Waals surface area (Å²) in [6, 6.07) is 40.0. The van der Waals surface area contributed by atoms with Gasteiger partial charge in [0.05, 0.1) is 46.0 Å². The minimum atomic E-state index is 0.407. The molecule has 5 aromatic carbocycles. The number of hydrogen-bond acceptors (Lipinski definition) is 1. The third kappa shape index (κ3) is 3.52. The van der Waals surface area contributed by atoms with E-state index in [9.17, 15) is 5.26 Å². The van der Waals surface area contributed by atoms with Crippen molar-refractivity contribution in [2.24, 2.45) is 0 Å². The van der Waals surface area contributed by atoms with Gasteiger partial charge in [-0.05, 0) is 35.7 Å². The monoisotopic (exact) mass is 510 g/mol. The number of para-hydroxylation sites is 3. The summed E-state index contributed by atoms with van der Waals surface area (Å²) < 4.78 is 4.34. The van der Waals surface area contributed by atoms with Crippen molar-refractivity contribution < 1.29 is 0 Å². The summed E-state index contributed by atoms with van der Waals surface area (Å²) in [5.41, 5.74) is 5.31. The van der Waals surface area contributed by atoms with Gasteiger partial charge in [-0.3, -0.25) is 0 Å². The van der Waals surface area contributed by atoms with Crippen molar-refractivity contribution in [2.75, 3.05) is 0 Å². The van der Waals surface area contributed by atoms with Crippen LogP contribution in [-0.4, -0.2) is 9.13 Å². The number of aromatic nitrogens is 2. The Hall–Kier alpha value is -5.84. The summed E-state index contributed by atoms with van der Waals surface area (Å²) in [6.07, 6.45) is 6.99. The molecule has 4 nitrogen and oxygen atoms in total. The van der Waals surface area contributed by atoms with Crippen LogP contribution in [0.1, 0.15) is 0 Å². The molecule has 0 bridgehead atoms. The highest BCUT2D eigenvalue weighted by atomic mass is 15.0. The normalized spacial score (nSPS) is 12.7. The fraction of sp³-hybridized carbons (Fsp3) is 0. The largest absolute Gasteiger partial charge is 0.315 e. The molecule has 4 heteroatoms. The number of allylic oxidation sites excluding steroid dienone is 4. The molecule has 0 saturated heterocycles. The fourth-order valence-corrected chi connectivity index (χ4v) is 5.82. The Kier molecular flexibility index (Phi) is 5.52. The van der Waals surface area contributed by atoms with Gasteiger partial charge in [-0.1, -0.05) is 91.0 Å². The van der Waals surface area contributed by atoms with Crippen LogP contribution in [0.3, 0.4) is 0 Å². The van der Waals surface area contributed by atoms with Gasteiger partial charge in [-0.2, -0.15) is 5.26 Å². The summed E-state index contributed by atoms with van der Waals surface area (Å²) in [5.74, 6) is 0. The van der Waals surface area contributed by atoms with E-state index in [0.717, 1.165) is 38.2 Å². The molecule has 186 valence electrons. The Labute approximate surface area is 231 Å². The van der Waals surface area contributed by atoms with Crippen LogP contribution in [0.5, 0.6) is 0 Å². The molecule has 40 heavy (non-hydrogen) atoms. The molecule has 0 aliphatic heterocycles.